The van der Waals surface area contributed by atoms with Crippen LogP contribution in [0.15, 0.2) is 24.3 Å². The lowest BCUT2D eigenvalue weighted by Crippen LogP contribution is -1.60. The van der Waals surface area contributed by atoms with Crippen LogP contribution in [0.4, 0.5) is 0 Å². The van der Waals surface area contributed by atoms with Crippen LogP contribution in [0.3, 0.4) is 0 Å². The molecule has 1 aliphatic carbocycles. The minimum atomic E-state index is -0.403. The molecule has 1 nitrogen and oxygen atoms in total. The molecule has 0 spiro atoms. The van der Waals surface area contributed by atoms with Gasteiger partial charge in [-0.15, -0.1) is 6.42 Å². The molecule has 0 atom stereocenters. The molecule has 1 aromatic carbocycles. The molecule has 0 aromatic heterocycles. The minimum absolute atomic E-state index is 0.403. The Labute approximate surface area is 66.7 Å². The van der Waals surface area contributed by atoms with E-state index in [-0.39, 0.29) is 0 Å². The van der Waals surface area contributed by atoms with Gasteiger partial charge in [0.15, 0.2) is 0 Å². The summed E-state index contributed by atoms with van der Waals surface area (Å²) in [5.74, 6) is 1.88. The van der Waals surface area contributed by atoms with Gasteiger partial charge in [-0.3, -0.25) is 0 Å². The highest BCUT2D eigenvalue weighted by Gasteiger charge is 2.12. The van der Waals surface area contributed by atoms with Crippen molar-refractivity contribution in [2.75, 3.05) is 6.61 Å². The molecule has 11 heavy (non-hydrogen) atoms. The summed E-state index contributed by atoms with van der Waals surface area (Å²) >= 11 is 0. The second-order valence-electron chi connectivity index (χ2n) is 2.29. The van der Waals surface area contributed by atoms with Crippen LogP contribution in [-0.4, -0.2) is 6.61 Å². The van der Waals surface area contributed by atoms with Gasteiger partial charge in [0.2, 0.25) is 0 Å². The van der Waals surface area contributed by atoms with E-state index in [2.05, 4.69) is 30.7 Å². The summed E-state index contributed by atoms with van der Waals surface area (Å²) in [5, 5.41) is 9.06. The lowest BCUT2D eigenvalue weighted by molar-refractivity contribution is 0.239. The molecule has 1 heteroatoms. The van der Waals surface area contributed by atoms with Crippen molar-refractivity contribution in [3.63, 3.8) is 0 Å². The van der Waals surface area contributed by atoms with Gasteiger partial charge in [-0.05, 0) is 17.5 Å². The molecule has 0 unspecified atom stereocenters. The zero-order chi connectivity index (χ0) is 8.10. The summed E-state index contributed by atoms with van der Waals surface area (Å²) in [7, 11) is 0. The van der Waals surface area contributed by atoms with Gasteiger partial charge in [-0.25, -0.2) is 5.11 Å². The van der Waals surface area contributed by atoms with Crippen LogP contribution in [0.1, 0.15) is 11.1 Å². The maximum Gasteiger partial charge on any atom is 0.142 e. The van der Waals surface area contributed by atoms with Gasteiger partial charge in [-0.1, -0.05) is 30.2 Å². The first-order valence-corrected chi connectivity index (χ1v) is 3.47. The second-order valence-corrected chi connectivity index (χ2v) is 2.29. The standard InChI is InChI=1S/C7H6.C3H3O/c1-2-4-7-5-6(7)3-1;1-2-3-4/h1-4H,5H2;1H,3H2. The topological polar surface area (TPSA) is 19.9 Å². The van der Waals surface area contributed by atoms with E-state index in [1.165, 1.54) is 17.5 Å². The van der Waals surface area contributed by atoms with E-state index >= 15 is 0 Å². The van der Waals surface area contributed by atoms with Crippen LogP contribution in [0, 0.1) is 12.3 Å². The first-order valence-electron chi connectivity index (χ1n) is 3.47. The van der Waals surface area contributed by atoms with E-state index in [1.807, 2.05) is 5.92 Å². The molecule has 2 rings (SSSR count). The maximum absolute atomic E-state index is 9.06. The fraction of sp³-hybridized carbons (Fsp3) is 0.200. The lowest BCUT2D eigenvalue weighted by atomic mass is 10.4. The van der Waals surface area contributed by atoms with Crippen molar-refractivity contribution in [2.24, 2.45) is 0 Å². The zero-order valence-corrected chi connectivity index (χ0v) is 6.21. The molecule has 0 saturated carbocycles. The summed E-state index contributed by atoms with van der Waals surface area (Å²) in [6.07, 6.45) is 5.71. The third kappa shape index (κ3) is 2.45. The predicted octanol–water partition coefficient (Wildman–Crippen LogP) is 1.64. The summed E-state index contributed by atoms with van der Waals surface area (Å²) in [6.45, 7) is -0.403. The highest BCUT2D eigenvalue weighted by molar-refractivity contribution is 5.44. The van der Waals surface area contributed by atoms with Crippen LogP contribution in [0.5, 0.6) is 0 Å². The molecule has 0 heterocycles. The highest BCUT2D eigenvalue weighted by atomic mass is 16.2. The Hall–Kier alpha value is -1.26. The summed E-state index contributed by atoms with van der Waals surface area (Å²) in [4.78, 5) is 0. The van der Waals surface area contributed by atoms with Crippen molar-refractivity contribution in [1.82, 2.24) is 0 Å². The third-order valence-electron chi connectivity index (χ3n) is 1.46. The molecule has 0 aliphatic heterocycles. The van der Waals surface area contributed by atoms with Crippen LogP contribution in [0.25, 0.3) is 0 Å². The van der Waals surface area contributed by atoms with Crippen LogP contribution in [0.2, 0.25) is 0 Å². The van der Waals surface area contributed by atoms with Gasteiger partial charge >= 0.3 is 0 Å². The highest BCUT2D eigenvalue weighted by Crippen LogP contribution is 2.25. The maximum atomic E-state index is 9.06. The lowest BCUT2D eigenvalue weighted by Gasteiger charge is -1.69. The van der Waals surface area contributed by atoms with E-state index in [4.69, 9.17) is 5.11 Å². The molecule has 1 aliphatic rings. The monoisotopic (exact) mass is 145 g/mol. The summed E-state index contributed by atoms with van der Waals surface area (Å²) in [5.41, 5.74) is 3.06. The van der Waals surface area contributed by atoms with Crippen molar-refractivity contribution in [3.8, 4) is 12.3 Å². The van der Waals surface area contributed by atoms with Gasteiger partial charge in [0.1, 0.15) is 6.61 Å². The van der Waals surface area contributed by atoms with E-state index in [0.29, 0.717) is 0 Å². The Kier molecular flexibility index (Phi) is 2.71. The van der Waals surface area contributed by atoms with Crippen molar-refractivity contribution >= 4 is 0 Å². The average molecular weight is 145 g/mol. The van der Waals surface area contributed by atoms with Gasteiger partial charge in [-0.2, -0.15) is 0 Å². The molecule has 1 radical (unpaired) electrons. The van der Waals surface area contributed by atoms with Crippen LogP contribution >= 0.6 is 0 Å². The Balaban J connectivity index is 0.000000134. The van der Waals surface area contributed by atoms with Gasteiger partial charge in [0.05, 0.1) is 0 Å². The first-order chi connectivity index (χ1) is 5.38. The summed E-state index contributed by atoms with van der Waals surface area (Å²) < 4.78 is 0. The average Bonchev–Trinajstić information content (AvgIpc) is 2.83. The molecule has 0 N–H and O–H groups in total. The van der Waals surface area contributed by atoms with Gasteiger partial charge < -0.3 is 0 Å². The number of rotatable bonds is 0. The number of fused-ring (bicyclic) bond motifs is 1. The molecule has 1 aromatic rings. The number of hydrogen-bond acceptors (Lipinski definition) is 0. The fourth-order valence-corrected chi connectivity index (χ4v) is 0.836. The first kappa shape index (κ1) is 7.84. The van der Waals surface area contributed by atoms with Crippen LogP contribution < -0.4 is 0 Å². The summed E-state index contributed by atoms with van der Waals surface area (Å²) in [6, 6.07) is 8.53. The van der Waals surface area contributed by atoms with Crippen molar-refractivity contribution < 1.29 is 5.11 Å². The zero-order valence-electron chi connectivity index (χ0n) is 6.21. The third-order valence-corrected chi connectivity index (χ3v) is 1.46. The van der Waals surface area contributed by atoms with Crippen LogP contribution in [-0.2, 0) is 11.5 Å². The van der Waals surface area contributed by atoms with E-state index in [9.17, 15) is 0 Å². The van der Waals surface area contributed by atoms with Gasteiger partial charge in [0, 0.05) is 0 Å². The number of hydrogen-bond donors (Lipinski definition) is 0. The van der Waals surface area contributed by atoms with Crippen molar-refractivity contribution in [1.29, 1.82) is 0 Å². The Morgan fingerprint density at radius 2 is 1.82 bits per heavy atom. The van der Waals surface area contributed by atoms with Crippen molar-refractivity contribution in [3.05, 3.63) is 35.4 Å². The quantitative estimate of drug-likeness (QED) is 0.502. The Morgan fingerprint density at radius 1 is 1.36 bits per heavy atom. The smallest absolute Gasteiger partial charge is 0.142 e. The molecular weight excluding hydrogens is 136 g/mol. The van der Waals surface area contributed by atoms with E-state index in [1.54, 1.807) is 0 Å². The molecule has 55 valence electrons. The predicted molar refractivity (Wildman–Crippen MR) is 43.6 cm³/mol. The Morgan fingerprint density at radius 3 is 2.09 bits per heavy atom. The minimum Gasteiger partial charge on any atom is -0.223 e. The molecule has 0 fully saturated rings. The fourth-order valence-electron chi connectivity index (χ4n) is 0.836. The van der Waals surface area contributed by atoms with Crippen molar-refractivity contribution in [2.45, 2.75) is 6.42 Å². The van der Waals surface area contributed by atoms with E-state index < -0.39 is 6.61 Å². The molecular formula is C10H9O. The SMILES string of the molecule is C#CC[O].c1ccc2c(c1)C2. The Bertz CT molecular complexity index is 249. The normalized spacial score (nSPS) is 10.2. The van der Waals surface area contributed by atoms with Gasteiger partial charge in [0.25, 0.3) is 0 Å². The largest absolute Gasteiger partial charge is 0.223 e. The number of benzene rings is 1. The number of terminal acetylenes is 1. The van der Waals surface area contributed by atoms with E-state index in [0.717, 1.165) is 0 Å². The molecule has 0 saturated heterocycles. The second kappa shape index (κ2) is 3.80. The molecule has 0 amide bonds. The molecule has 0 bridgehead atoms.